The Balaban J connectivity index is 2.27. The normalized spacial score (nSPS) is 10.3. The van der Waals surface area contributed by atoms with E-state index in [4.69, 9.17) is 5.26 Å². The Bertz CT molecular complexity index is 1100. The fourth-order valence-electron chi connectivity index (χ4n) is 2.77. The van der Waals surface area contributed by atoms with Gasteiger partial charge in [0, 0.05) is 30.2 Å². The van der Waals surface area contributed by atoms with Gasteiger partial charge in [0.05, 0.1) is 17.2 Å². The van der Waals surface area contributed by atoms with Crippen molar-refractivity contribution in [3.63, 3.8) is 0 Å². The van der Waals surface area contributed by atoms with Crippen LogP contribution in [0.3, 0.4) is 0 Å². The second kappa shape index (κ2) is 7.62. The van der Waals surface area contributed by atoms with Crippen LogP contribution in [-0.4, -0.2) is 20.5 Å². The molecule has 2 aromatic heterocycles. The van der Waals surface area contributed by atoms with Gasteiger partial charge in [0.15, 0.2) is 5.78 Å². The highest BCUT2D eigenvalue weighted by Crippen LogP contribution is 2.27. The summed E-state index contributed by atoms with van der Waals surface area (Å²) in [5.41, 5.74) is 2.03. The van der Waals surface area contributed by atoms with Gasteiger partial charge < -0.3 is 5.32 Å². The fourth-order valence-corrected chi connectivity index (χ4v) is 2.77. The van der Waals surface area contributed by atoms with Crippen LogP contribution >= 0.6 is 0 Å². The molecule has 1 N–H and O–H groups in total. The largest absolute Gasteiger partial charge is 0.350 e. The van der Waals surface area contributed by atoms with Crippen LogP contribution < -0.4 is 10.9 Å². The van der Waals surface area contributed by atoms with Crippen LogP contribution in [0.4, 0.5) is 11.4 Å². The Morgan fingerprint density at radius 3 is 2.63 bits per heavy atom. The molecule has 0 atom stereocenters. The van der Waals surface area contributed by atoms with E-state index in [1.807, 2.05) is 0 Å². The molecule has 7 nitrogen and oxygen atoms in total. The number of hydrogen-bond donors (Lipinski definition) is 1. The van der Waals surface area contributed by atoms with Gasteiger partial charge in [0.2, 0.25) is 0 Å². The topological polar surface area (TPSA) is 101 Å². The Labute approximate surface area is 155 Å². The average Bonchev–Trinajstić information content (AvgIpc) is 2.69. The maximum absolute atomic E-state index is 12.9. The summed E-state index contributed by atoms with van der Waals surface area (Å²) in [6.07, 6.45) is 3.21. The first-order valence-corrected chi connectivity index (χ1v) is 8.38. The molecular weight excluding hydrogens is 342 g/mol. The molecule has 0 aliphatic heterocycles. The quantitative estimate of drug-likeness (QED) is 0.702. The van der Waals surface area contributed by atoms with Crippen molar-refractivity contribution in [1.29, 1.82) is 5.26 Å². The van der Waals surface area contributed by atoms with E-state index in [1.54, 1.807) is 55.7 Å². The number of pyridine rings is 1. The molecule has 3 rings (SSSR count). The predicted octanol–water partition coefficient (Wildman–Crippen LogP) is 3.14. The van der Waals surface area contributed by atoms with Gasteiger partial charge in [0.25, 0.3) is 5.56 Å². The van der Waals surface area contributed by atoms with Crippen molar-refractivity contribution in [2.45, 2.75) is 20.4 Å². The summed E-state index contributed by atoms with van der Waals surface area (Å²) >= 11 is 0. The van der Waals surface area contributed by atoms with Crippen molar-refractivity contribution in [2.75, 3.05) is 5.32 Å². The molecule has 3 aromatic rings. The average molecular weight is 359 g/mol. The molecule has 0 bridgehead atoms. The van der Waals surface area contributed by atoms with Crippen LogP contribution in [-0.2, 0) is 6.54 Å². The third kappa shape index (κ3) is 3.60. The van der Waals surface area contributed by atoms with Crippen molar-refractivity contribution in [1.82, 2.24) is 14.8 Å². The van der Waals surface area contributed by atoms with Crippen LogP contribution in [0.2, 0.25) is 0 Å². The van der Waals surface area contributed by atoms with E-state index in [-0.39, 0.29) is 17.0 Å². The number of aromatic nitrogens is 3. The third-order valence-electron chi connectivity index (χ3n) is 4.02. The maximum Gasteiger partial charge on any atom is 0.291 e. The van der Waals surface area contributed by atoms with E-state index in [2.05, 4.69) is 21.5 Å². The first-order valence-electron chi connectivity index (χ1n) is 8.38. The van der Waals surface area contributed by atoms with E-state index in [0.29, 0.717) is 29.1 Å². The summed E-state index contributed by atoms with van der Waals surface area (Å²) in [4.78, 5) is 29.3. The van der Waals surface area contributed by atoms with Crippen molar-refractivity contribution < 1.29 is 4.79 Å². The zero-order valence-corrected chi connectivity index (χ0v) is 14.9. The molecule has 1 aromatic carbocycles. The minimum Gasteiger partial charge on any atom is -0.350 e. The maximum atomic E-state index is 12.9. The first-order chi connectivity index (χ1) is 13.0. The highest BCUT2D eigenvalue weighted by atomic mass is 16.1. The predicted molar refractivity (Wildman–Crippen MR) is 102 cm³/mol. The monoisotopic (exact) mass is 359 g/mol. The highest BCUT2D eigenvalue weighted by Gasteiger charge is 2.22. The molecule has 0 unspecified atom stereocenters. The fraction of sp³-hybridized carbons (Fsp3) is 0.150. The van der Waals surface area contributed by atoms with Crippen molar-refractivity contribution in [2.24, 2.45) is 0 Å². The lowest BCUT2D eigenvalue weighted by Crippen LogP contribution is -2.28. The number of ketones is 1. The van der Waals surface area contributed by atoms with Crippen molar-refractivity contribution in [3.05, 3.63) is 70.3 Å². The summed E-state index contributed by atoms with van der Waals surface area (Å²) < 4.78 is 1.30. The summed E-state index contributed by atoms with van der Waals surface area (Å²) in [5, 5.41) is 16.5. The molecule has 0 fully saturated rings. The summed E-state index contributed by atoms with van der Waals surface area (Å²) in [5.74, 6) is -0.284. The van der Waals surface area contributed by atoms with E-state index in [9.17, 15) is 9.59 Å². The SMILES string of the molecule is CCn1nc(-c2ccncc2)c(C(C)=O)c(Nc2cccc(C#N)c2)c1=O. The van der Waals surface area contributed by atoms with E-state index >= 15 is 0 Å². The third-order valence-corrected chi connectivity index (χ3v) is 4.02. The Kier molecular flexibility index (Phi) is 5.08. The molecule has 0 saturated heterocycles. The first kappa shape index (κ1) is 18.0. The molecule has 0 aliphatic carbocycles. The van der Waals surface area contributed by atoms with Gasteiger partial charge in [-0.1, -0.05) is 6.07 Å². The molecule has 0 saturated carbocycles. The van der Waals surface area contributed by atoms with Crippen LogP contribution in [0.15, 0.2) is 53.6 Å². The van der Waals surface area contributed by atoms with Gasteiger partial charge in [-0.25, -0.2) is 4.68 Å². The van der Waals surface area contributed by atoms with Crippen LogP contribution in [0.25, 0.3) is 11.3 Å². The van der Waals surface area contributed by atoms with Gasteiger partial charge in [-0.3, -0.25) is 14.6 Å². The van der Waals surface area contributed by atoms with Gasteiger partial charge in [-0.2, -0.15) is 10.4 Å². The van der Waals surface area contributed by atoms with E-state index in [1.165, 1.54) is 11.6 Å². The Hall–Kier alpha value is -3.79. The number of aryl methyl sites for hydroxylation is 1. The Morgan fingerprint density at radius 1 is 1.26 bits per heavy atom. The second-order valence-electron chi connectivity index (χ2n) is 5.83. The number of carbonyl (C=O) groups excluding carboxylic acids is 1. The zero-order chi connectivity index (χ0) is 19.4. The number of benzene rings is 1. The summed E-state index contributed by atoms with van der Waals surface area (Å²) in [6, 6.07) is 12.2. The summed E-state index contributed by atoms with van der Waals surface area (Å²) in [7, 11) is 0. The second-order valence-corrected chi connectivity index (χ2v) is 5.83. The van der Waals surface area contributed by atoms with Crippen LogP contribution in [0.1, 0.15) is 29.8 Å². The molecule has 2 heterocycles. The van der Waals surface area contributed by atoms with Gasteiger partial charge in [-0.15, -0.1) is 0 Å². The molecule has 0 aliphatic rings. The van der Waals surface area contributed by atoms with Gasteiger partial charge in [-0.05, 0) is 44.2 Å². The van der Waals surface area contributed by atoms with Crippen LogP contribution in [0, 0.1) is 11.3 Å². The molecule has 27 heavy (non-hydrogen) atoms. The highest BCUT2D eigenvalue weighted by molar-refractivity contribution is 6.05. The van der Waals surface area contributed by atoms with Crippen molar-refractivity contribution in [3.8, 4) is 17.3 Å². The standard InChI is InChI=1S/C20H17N5O2/c1-3-25-20(27)19(23-16-6-4-5-14(11-16)12-21)17(13(2)26)18(24-25)15-7-9-22-10-8-15/h4-11,23H,3H2,1-2H3. The molecule has 134 valence electrons. The van der Waals surface area contributed by atoms with Crippen LogP contribution in [0.5, 0.6) is 0 Å². The number of nitrogens with one attached hydrogen (secondary N) is 1. The zero-order valence-electron chi connectivity index (χ0n) is 14.9. The lowest BCUT2D eigenvalue weighted by molar-refractivity contribution is 0.101. The number of anilines is 2. The number of rotatable bonds is 5. The van der Waals surface area contributed by atoms with Crippen molar-refractivity contribution >= 4 is 17.2 Å². The smallest absolute Gasteiger partial charge is 0.291 e. The molecule has 0 radical (unpaired) electrons. The lowest BCUT2D eigenvalue weighted by Gasteiger charge is -2.16. The minimum absolute atomic E-state index is 0.140. The van der Waals surface area contributed by atoms with E-state index in [0.717, 1.165) is 0 Å². The lowest BCUT2D eigenvalue weighted by atomic mass is 10.0. The number of carbonyl (C=O) groups is 1. The number of nitrogens with zero attached hydrogens (tertiary/aromatic N) is 4. The summed E-state index contributed by atoms with van der Waals surface area (Å²) in [6.45, 7) is 3.55. The number of Topliss-reactive ketones (excluding diaryl/α,β-unsaturated/α-hetero) is 1. The van der Waals surface area contributed by atoms with E-state index < -0.39 is 5.56 Å². The molecular formula is C20H17N5O2. The van der Waals surface area contributed by atoms with Gasteiger partial charge in [0.1, 0.15) is 11.4 Å². The number of hydrogen-bond acceptors (Lipinski definition) is 6. The molecule has 0 amide bonds. The molecule has 7 heteroatoms. The van der Waals surface area contributed by atoms with Gasteiger partial charge >= 0.3 is 0 Å². The minimum atomic E-state index is -0.400. The molecule has 0 spiro atoms. The number of nitriles is 1. The Morgan fingerprint density at radius 2 is 2.00 bits per heavy atom.